The number of nitrogens with zero attached hydrogens (tertiary/aromatic N) is 2. The van der Waals surface area contributed by atoms with Crippen LogP contribution in [-0.4, -0.2) is 74.2 Å². The molecule has 0 aromatic heterocycles. The maximum Gasteiger partial charge on any atom is 0.321 e. The van der Waals surface area contributed by atoms with Crippen molar-refractivity contribution in [1.29, 1.82) is 0 Å². The molecule has 2 rings (SSSR count). The minimum atomic E-state index is -0.193. The van der Waals surface area contributed by atoms with Crippen LogP contribution in [0.15, 0.2) is 30.3 Å². The molecule has 1 aliphatic rings. The van der Waals surface area contributed by atoms with Crippen molar-refractivity contribution in [3.8, 4) is 0 Å². The third-order valence-corrected chi connectivity index (χ3v) is 4.38. The number of carbonyl (C=O) groups excluding carboxylic acids is 2. The number of carbonyl (C=O) groups is 2. The maximum absolute atomic E-state index is 12.3. The first-order valence-electron chi connectivity index (χ1n) is 8.73. The van der Waals surface area contributed by atoms with Gasteiger partial charge < -0.3 is 20.3 Å². The molecule has 1 aliphatic heterocycles. The van der Waals surface area contributed by atoms with Crippen LogP contribution in [0.1, 0.15) is 13.3 Å². The molecule has 1 unspecified atom stereocenters. The van der Waals surface area contributed by atoms with Gasteiger partial charge in [0.15, 0.2) is 0 Å². The Kier molecular flexibility index (Phi) is 7.69. The lowest BCUT2D eigenvalue weighted by Crippen LogP contribution is -2.55. The summed E-state index contributed by atoms with van der Waals surface area (Å²) in [6.07, 6.45) is 0.808. The Morgan fingerprint density at radius 1 is 1.16 bits per heavy atom. The molecular formula is C18H28N4O3. The Labute approximate surface area is 149 Å². The molecule has 1 aromatic rings. The van der Waals surface area contributed by atoms with Crippen molar-refractivity contribution in [2.45, 2.75) is 19.4 Å². The first-order chi connectivity index (χ1) is 12.1. The van der Waals surface area contributed by atoms with Gasteiger partial charge in [0.1, 0.15) is 0 Å². The van der Waals surface area contributed by atoms with Gasteiger partial charge in [0.05, 0.1) is 6.04 Å². The average Bonchev–Trinajstić information content (AvgIpc) is 2.65. The zero-order valence-corrected chi connectivity index (χ0v) is 15.0. The highest BCUT2D eigenvalue weighted by Crippen LogP contribution is 2.10. The Morgan fingerprint density at radius 2 is 1.84 bits per heavy atom. The zero-order chi connectivity index (χ0) is 18.1. The average molecular weight is 348 g/mol. The van der Waals surface area contributed by atoms with E-state index in [4.69, 9.17) is 4.74 Å². The van der Waals surface area contributed by atoms with Gasteiger partial charge in [0.2, 0.25) is 5.91 Å². The van der Waals surface area contributed by atoms with Crippen molar-refractivity contribution < 1.29 is 14.3 Å². The Morgan fingerprint density at radius 3 is 2.48 bits per heavy atom. The maximum atomic E-state index is 12.3. The van der Waals surface area contributed by atoms with Gasteiger partial charge in [-0.15, -0.1) is 0 Å². The molecule has 1 atom stereocenters. The third kappa shape index (κ3) is 6.03. The monoisotopic (exact) mass is 348 g/mol. The molecule has 7 nitrogen and oxygen atoms in total. The molecule has 1 heterocycles. The van der Waals surface area contributed by atoms with Crippen LogP contribution in [0.3, 0.4) is 0 Å². The second kappa shape index (κ2) is 10.0. The predicted molar refractivity (Wildman–Crippen MR) is 97.6 cm³/mol. The fraction of sp³-hybridized carbons (Fsp3) is 0.556. The van der Waals surface area contributed by atoms with Gasteiger partial charge in [-0.05, 0) is 25.5 Å². The summed E-state index contributed by atoms with van der Waals surface area (Å²) in [4.78, 5) is 28.4. The highest BCUT2D eigenvalue weighted by molar-refractivity contribution is 5.89. The lowest BCUT2D eigenvalue weighted by atomic mass is 10.2. The van der Waals surface area contributed by atoms with Crippen molar-refractivity contribution in [3.05, 3.63) is 30.3 Å². The number of rotatable bonds is 7. The molecule has 0 radical (unpaired) electrons. The van der Waals surface area contributed by atoms with Crippen LogP contribution in [-0.2, 0) is 9.53 Å². The number of nitrogens with one attached hydrogen (secondary N) is 2. The molecule has 25 heavy (non-hydrogen) atoms. The smallest absolute Gasteiger partial charge is 0.321 e. The zero-order valence-electron chi connectivity index (χ0n) is 15.0. The SMILES string of the molecule is COCCCNC(=O)C(C)N1CCN(C(=O)Nc2ccccc2)CC1. The number of para-hydroxylation sites is 1. The van der Waals surface area contributed by atoms with Gasteiger partial charge in [0, 0.05) is 52.1 Å². The molecule has 2 N–H and O–H groups in total. The van der Waals surface area contributed by atoms with E-state index in [-0.39, 0.29) is 18.0 Å². The molecule has 7 heteroatoms. The van der Waals surface area contributed by atoms with Crippen molar-refractivity contribution in [2.75, 3.05) is 51.8 Å². The number of amides is 3. The first-order valence-corrected chi connectivity index (χ1v) is 8.73. The fourth-order valence-corrected chi connectivity index (χ4v) is 2.78. The van der Waals surface area contributed by atoms with Crippen LogP contribution in [0.25, 0.3) is 0 Å². The van der Waals surface area contributed by atoms with Gasteiger partial charge in [-0.3, -0.25) is 9.69 Å². The highest BCUT2D eigenvalue weighted by Gasteiger charge is 2.27. The van der Waals surface area contributed by atoms with Gasteiger partial charge >= 0.3 is 6.03 Å². The second-order valence-electron chi connectivity index (χ2n) is 6.13. The molecule has 1 fully saturated rings. The van der Waals surface area contributed by atoms with Crippen molar-refractivity contribution in [1.82, 2.24) is 15.1 Å². The Hall–Kier alpha value is -2.12. The molecular weight excluding hydrogens is 320 g/mol. The van der Waals surface area contributed by atoms with Crippen LogP contribution in [0.5, 0.6) is 0 Å². The van der Waals surface area contributed by atoms with Crippen LogP contribution in [0.2, 0.25) is 0 Å². The van der Waals surface area contributed by atoms with Crippen LogP contribution < -0.4 is 10.6 Å². The molecule has 0 aliphatic carbocycles. The minimum Gasteiger partial charge on any atom is -0.385 e. The second-order valence-corrected chi connectivity index (χ2v) is 6.13. The number of anilines is 1. The molecule has 3 amide bonds. The van der Waals surface area contributed by atoms with E-state index in [0.717, 1.165) is 12.1 Å². The third-order valence-electron chi connectivity index (χ3n) is 4.38. The molecule has 0 bridgehead atoms. The summed E-state index contributed by atoms with van der Waals surface area (Å²) >= 11 is 0. The largest absolute Gasteiger partial charge is 0.385 e. The van der Waals surface area contributed by atoms with Crippen molar-refractivity contribution >= 4 is 17.6 Å². The number of methoxy groups -OCH3 is 1. The van der Waals surface area contributed by atoms with Crippen molar-refractivity contribution in [3.63, 3.8) is 0 Å². The standard InChI is InChI=1S/C18H28N4O3/c1-15(17(23)19-9-6-14-25-2)21-10-12-22(13-11-21)18(24)20-16-7-4-3-5-8-16/h3-5,7-8,15H,6,9-14H2,1-2H3,(H,19,23)(H,20,24). The summed E-state index contributed by atoms with van der Waals surface area (Å²) in [7, 11) is 1.65. The molecule has 0 saturated carbocycles. The lowest BCUT2D eigenvalue weighted by Gasteiger charge is -2.37. The van der Waals surface area contributed by atoms with E-state index in [9.17, 15) is 9.59 Å². The molecule has 138 valence electrons. The number of hydrogen-bond donors (Lipinski definition) is 2. The summed E-state index contributed by atoms with van der Waals surface area (Å²) in [6, 6.07) is 9.13. The fourth-order valence-electron chi connectivity index (χ4n) is 2.78. The number of urea groups is 1. The van der Waals surface area contributed by atoms with Gasteiger partial charge in [0.25, 0.3) is 0 Å². The molecule has 0 spiro atoms. The normalized spacial score (nSPS) is 16.3. The van der Waals surface area contributed by atoms with Gasteiger partial charge in [-0.2, -0.15) is 0 Å². The van der Waals surface area contributed by atoms with E-state index in [0.29, 0.717) is 39.3 Å². The van der Waals surface area contributed by atoms with E-state index in [1.54, 1.807) is 12.0 Å². The number of piperazine rings is 1. The van der Waals surface area contributed by atoms with Crippen LogP contribution >= 0.6 is 0 Å². The van der Waals surface area contributed by atoms with E-state index in [1.807, 2.05) is 37.3 Å². The number of ether oxygens (including phenoxy) is 1. The van der Waals surface area contributed by atoms with Crippen LogP contribution in [0, 0.1) is 0 Å². The van der Waals surface area contributed by atoms with E-state index in [2.05, 4.69) is 15.5 Å². The quantitative estimate of drug-likeness (QED) is 0.730. The number of hydrogen-bond acceptors (Lipinski definition) is 4. The molecule has 1 aromatic carbocycles. The Balaban J connectivity index is 1.73. The summed E-state index contributed by atoms with van der Waals surface area (Å²) in [6.45, 7) is 5.77. The van der Waals surface area contributed by atoms with E-state index in [1.165, 1.54) is 0 Å². The summed E-state index contributed by atoms with van der Waals surface area (Å²) in [5, 5.41) is 5.82. The molecule has 1 saturated heterocycles. The minimum absolute atomic E-state index is 0.0262. The Bertz CT molecular complexity index is 545. The van der Waals surface area contributed by atoms with Crippen molar-refractivity contribution in [2.24, 2.45) is 0 Å². The summed E-state index contributed by atoms with van der Waals surface area (Å²) in [5.74, 6) is 0.0262. The number of benzene rings is 1. The van der Waals surface area contributed by atoms with Gasteiger partial charge in [-0.1, -0.05) is 18.2 Å². The first kappa shape index (κ1) is 19.2. The summed E-state index contributed by atoms with van der Waals surface area (Å²) < 4.78 is 4.97. The predicted octanol–water partition coefficient (Wildman–Crippen LogP) is 1.38. The van der Waals surface area contributed by atoms with E-state index >= 15 is 0 Å². The lowest BCUT2D eigenvalue weighted by molar-refractivity contribution is -0.126. The van der Waals surface area contributed by atoms with Crippen LogP contribution in [0.4, 0.5) is 10.5 Å². The van der Waals surface area contributed by atoms with Gasteiger partial charge in [-0.25, -0.2) is 4.79 Å². The summed E-state index contributed by atoms with van der Waals surface area (Å²) in [5.41, 5.74) is 0.790. The topological polar surface area (TPSA) is 73.9 Å². The highest BCUT2D eigenvalue weighted by atomic mass is 16.5. The van der Waals surface area contributed by atoms with E-state index < -0.39 is 0 Å².